The summed E-state index contributed by atoms with van der Waals surface area (Å²) in [6.07, 6.45) is 0.110. The first-order valence-electron chi connectivity index (χ1n) is 8.46. The smallest absolute Gasteiger partial charge is 0.341 e. The van der Waals surface area contributed by atoms with Gasteiger partial charge in [-0.2, -0.15) is 0 Å². The molecule has 0 aliphatic carbocycles. The molecule has 7 heteroatoms. The second-order valence-electron chi connectivity index (χ2n) is 5.97. The molecule has 0 aliphatic rings. The lowest BCUT2D eigenvalue weighted by atomic mass is 10.0. The molecule has 2 aromatic carbocycles. The molecule has 0 saturated carbocycles. The molecule has 0 heterocycles. The van der Waals surface area contributed by atoms with E-state index < -0.39 is 18.6 Å². The van der Waals surface area contributed by atoms with E-state index in [9.17, 15) is 14.4 Å². The standard InChI is InChI=1S/C20H22N2O5/c1-14(23)22-18(16-7-3-2-4-8-16)11-19(24)21-12-15-6-5-9-17(10-15)27-13-20(25)26/h2-10,18H,11-13H2,1H3,(H,21,24)(H,22,23)(H,25,26). The molecule has 0 aliphatic heterocycles. The maximum absolute atomic E-state index is 12.3. The largest absolute Gasteiger partial charge is 0.482 e. The number of aliphatic carboxylic acids is 1. The second-order valence-corrected chi connectivity index (χ2v) is 5.97. The number of carboxylic acids is 1. The number of hydrogen-bond donors (Lipinski definition) is 3. The van der Waals surface area contributed by atoms with Crippen LogP contribution in [0.2, 0.25) is 0 Å². The predicted molar refractivity (Wildman–Crippen MR) is 99.0 cm³/mol. The first kappa shape index (κ1) is 20.0. The van der Waals surface area contributed by atoms with Gasteiger partial charge in [-0.1, -0.05) is 42.5 Å². The van der Waals surface area contributed by atoms with Crippen molar-refractivity contribution < 1.29 is 24.2 Å². The van der Waals surface area contributed by atoms with E-state index in [2.05, 4.69) is 10.6 Å². The van der Waals surface area contributed by atoms with Gasteiger partial charge in [0.2, 0.25) is 11.8 Å². The van der Waals surface area contributed by atoms with Crippen LogP contribution in [-0.4, -0.2) is 29.5 Å². The maximum Gasteiger partial charge on any atom is 0.341 e. The summed E-state index contributed by atoms with van der Waals surface area (Å²) < 4.78 is 5.12. The molecular formula is C20H22N2O5. The number of carbonyl (C=O) groups is 3. The molecule has 0 fully saturated rings. The van der Waals surface area contributed by atoms with Crippen molar-refractivity contribution in [1.29, 1.82) is 0 Å². The van der Waals surface area contributed by atoms with E-state index in [0.29, 0.717) is 5.75 Å². The molecule has 0 radical (unpaired) electrons. The average Bonchev–Trinajstić information content (AvgIpc) is 2.65. The Balaban J connectivity index is 1.93. The Morgan fingerprint density at radius 3 is 2.48 bits per heavy atom. The minimum Gasteiger partial charge on any atom is -0.482 e. The quantitative estimate of drug-likeness (QED) is 0.626. The fourth-order valence-electron chi connectivity index (χ4n) is 2.53. The molecule has 2 aromatic rings. The SMILES string of the molecule is CC(=O)NC(CC(=O)NCc1cccc(OCC(=O)O)c1)c1ccccc1. The molecule has 0 aromatic heterocycles. The fraction of sp³-hybridized carbons (Fsp3) is 0.250. The van der Waals surface area contributed by atoms with E-state index in [-0.39, 0.29) is 24.8 Å². The van der Waals surface area contributed by atoms with E-state index in [0.717, 1.165) is 11.1 Å². The van der Waals surface area contributed by atoms with Crippen molar-refractivity contribution >= 4 is 17.8 Å². The van der Waals surface area contributed by atoms with Gasteiger partial charge >= 0.3 is 5.97 Å². The minimum atomic E-state index is -1.06. The number of carbonyl (C=O) groups excluding carboxylic acids is 2. The summed E-state index contributed by atoms with van der Waals surface area (Å²) in [6, 6.07) is 15.7. The zero-order valence-electron chi connectivity index (χ0n) is 15.0. The Hall–Kier alpha value is -3.35. The van der Waals surface area contributed by atoms with E-state index in [1.807, 2.05) is 30.3 Å². The normalized spacial score (nSPS) is 11.3. The van der Waals surface area contributed by atoms with Crippen LogP contribution in [0.1, 0.15) is 30.5 Å². The van der Waals surface area contributed by atoms with Crippen LogP contribution in [0.3, 0.4) is 0 Å². The highest BCUT2D eigenvalue weighted by atomic mass is 16.5. The second kappa shape index (κ2) is 9.96. The third kappa shape index (κ3) is 7.19. The van der Waals surface area contributed by atoms with Gasteiger partial charge in [-0.25, -0.2) is 4.79 Å². The molecule has 1 atom stereocenters. The van der Waals surface area contributed by atoms with Crippen LogP contribution in [0.25, 0.3) is 0 Å². The Morgan fingerprint density at radius 1 is 1.07 bits per heavy atom. The zero-order valence-corrected chi connectivity index (χ0v) is 15.0. The molecule has 0 bridgehead atoms. The van der Waals surface area contributed by atoms with E-state index in [1.54, 1.807) is 24.3 Å². The Morgan fingerprint density at radius 2 is 1.81 bits per heavy atom. The Labute approximate surface area is 157 Å². The Bertz CT molecular complexity index is 792. The lowest BCUT2D eigenvalue weighted by Gasteiger charge is -2.18. The van der Waals surface area contributed by atoms with Crippen molar-refractivity contribution in [3.05, 3.63) is 65.7 Å². The van der Waals surface area contributed by atoms with Gasteiger partial charge in [0.25, 0.3) is 0 Å². The average molecular weight is 370 g/mol. The van der Waals surface area contributed by atoms with Gasteiger partial charge in [0.15, 0.2) is 6.61 Å². The summed E-state index contributed by atoms with van der Waals surface area (Å²) >= 11 is 0. The van der Waals surface area contributed by atoms with Gasteiger partial charge in [0, 0.05) is 13.5 Å². The number of ether oxygens (including phenoxy) is 1. The molecule has 0 saturated heterocycles. The molecule has 142 valence electrons. The van der Waals surface area contributed by atoms with Crippen molar-refractivity contribution in [3.63, 3.8) is 0 Å². The van der Waals surface area contributed by atoms with Crippen LogP contribution < -0.4 is 15.4 Å². The monoisotopic (exact) mass is 370 g/mol. The lowest BCUT2D eigenvalue weighted by Crippen LogP contribution is -2.32. The van der Waals surface area contributed by atoms with Gasteiger partial charge in [-0.15, -0.1) is 0 Å². The fourth-order valence-corrected chi connectivity index (χ4v) is 2.53. The van der Waals surface area contributed by atoms with Gasteiger partial charge in [0.05, 0.1) is 12.5 Å². The number of nitrogens with one attached hydrogen (secondary N) is 2. The van der Waals surface area contributed by atoms with E-state index >= 15 is 0 Å². The summed E-state index contributed by atoms with van der Waals surface area (Å²) in [5.74, 6) is -1.06. The molecule has 2 rings (SSSR count). The van der Waals surface area contributed by atoms with Crippen molar-refractivity contribution in [2.24, 2.45) is 0 Å². The summed E-state index contributed by atoms with van der Waals surface area (Å²) in [5.41, 5.74) is 1.63. The van der Waals surface area contributed by atoms with Crippen molar-refractivity contribution in [1.82, 2.24) is 10.6 Å². The molecule has 7 nitrogen and oxygen atoms in total. The third-order valence-electron chi connectivity index (χ3n) is 3.72. The van der Waals surface area contributed by atoms with Gasteiger partial charge in [-0.05, 0) is 23.3 Å². The summed E-state index contributed by atoms with van der Waals surface area (Å²) in [4.78, 5) is 34.3. The van der Waals surface area contributed by atoms with Crippen LogP contribution in [-0.2, 0) is 20.9 Å². The van der Waals surface area contributed by atoms with Crippen molar-refractivity contribution in [3.8, 4) is 5.75 Å². The number of benzene rings is 2. The van der Waals surface area contributed by atoms with Crippen LogP contribution in [0.4, 0.5) is 0 Å². The summed E-state index contributed by atoms with van der Waals surface area (Å²) in [6.45, 7) is 1.26. The molecule has 0 spiro atoms. The van der Waals surface area contributed by atoms with Crippen LogP contribution in [0.5, 0.6) is 5.75 Å². The van der Waals surface area contributed by atoms with Gasteiger partial charge in [0.1, 0.15) is 5.75 Å². The minimum absolute atomic E-state index is 0.110. The van der Waals surface area contributed by atoms with Crippen LogP contribution in [0, 0.1) is 0 Å². The predicted octanol–water partition coefficient (Wildman–Crippen LogP) is 2.03. The van der Waals surface area contributed by atoms with Crippen LogP contribution >= 0.6 is 0 Å². The van der Waals surface area contributed by atoms with Crippen molar-refractivity contribution in [2.45, 2.75) is 25.9 Å². The number of rotatable bonds is 9. The zero-order chi connectivity index (χ0) is 19.6. The number of amides is 2. The molecule has 3 N–H and O–H groups in total. The first-order valence-corrected chi connectivity index (χ1v) is 8.46. The summed E-state index contributed by atoms with van der Waals surface area (Å²) in [7, 11) is 0. The van der Waals surface area contributed by atoms with Gasteiger partial charge < -0.3 is 20.5 Å². The van der Waals surface area contributed by atoms with Crippen LogP contribution in [0.15, 0.2) is 54.6 Å². The summed E-state index contributed by atoms with van der Waals surface area (Å²) in [5, 5.41) is 14.2. The van der Waals surface area contributed by atoms with Gasteiger partial charge in [-0.3, -0.25) is 9.59 Å². The lowest BCUT2D eigenvalue weighted by molar-refractivity contribution is -0.139. The topological polar surface area (TPSA) is 105 Å². The number of carboxylic acid groups (broad SMARTS) is 1. The third-order valence-corrected chi connectivity index (χ3v) is 3.72. The molecule has 1 unspecified atom stereocenters. The highest BCUT2D eigenvalue weighted by Crippen LogP contribution is 2.17. The Kier molecular flexibility index (Phi) is 7.37. The van der Waals surface area contributed by atoms with Crippen molar-refractivity contribution in [2.75, 3.05) is 6.61 Å². The maximum atomic E-state index is 12.3. The number of hydrogen-bond acceptors (Lipinski definition) is 4. The molecule has 2 amide bonds. The highest BCUT2D eigenvalue weighted by Gasteiger charge is 2.16. The van der Waals surface area contributed by atoms with E-state index in [4.69, 9.17) is 9.84 Å². The molecule has 27 heavy (non-hydrogen) atoms. The van der Waals surface area contributed by atoms with E-state index in [1.165, 1.54) is 6.92 Å². The highest BCUT2D eigenvalue weighted by molar-refractivity contribution is 5.79. The first-order chi connectivity index (χ1) is 12.9. The molecular weight excluding hydrogens is 348 g/mol.